The third-order valence-corrected chi connectivity index (χ3v) is 1.40. The van der Waals surface area contributed by atoms with Gasteiger partial charge in [-0.05, 0) is 13.8 Å². The van der Waals surface area contributed by atoms with Gasteiger partial charge in [0.25, 0.3) is 0 Å². The number of quaternary nitrogens is 1. The van der Waals surface area contributed by atoms with E-state index in [1.807, 2.05) is 0 Å². The highest BCUT2D eigenvalue weighted by Crippen LogP contribution is 1.69. The highest BCUT2D eigenvalue weighted by molar-refractivity contribution is 4.28. The predicted molar refractivity (Wildman–Crippen MR) is 35.7 cm³/mol. The molecular formula is C6H17N2+. The molecule has 0 aliphatic carbocycles. The van der Waals surface area contributed by atoms with Gasteiger partial charge in [-0.2, -0.15) is 5.01 Å². The van der Waals surface area contributed by atoms with Crippen LogP contribution in [0.3, 0.4) is 0 Å². The molecule has 0 aromatic heterocycles. The molecule has 0 aromatic carbocycles. The molecule has 0 atom stereocenters. The normalized spacial score (nSPS) is 11.2. The molecule has 2 nitrogen and oxygen atoms in total. The second kappa shape index (κ2) is 3.87. The molecular weight excluding hydrogens is 100 g/mol. The summed E-state index contributed by atoms with van der Waals surface area (Å²) in [6.45, 7) is 6.63. The third-order valence-electron chi connectivity index (χ3n) is 1.40. The summed E-state index contributed by atoms with van der Waals surface area (Å²) in [5.41, 5.74) is 0. The minimum atomic E-state index is 1.14. The van der Waals surface area contributed by atoms with Gasteiger partial charge in [0.1, 0.15) is 0 Å². The lowest BCUT2D eigenvalue weighted by atomic mass is 10.6. The van der Waals surface area contributed by atoms with Crippen LogP contribution < -0.4 is 5.01 Å². The molecule has 0 unspecified atom stereocenters. The average molecular weight is 117 g/mol. The second-order valence-electron chi connectivity index (χ2n) is 2.12. The first-order valence-electron chi connectivity index (χ1n) is 3.27. The van der Waals surface area contributed by atoms with Crippen molar-refractivity contribution < 1.29 is 5.01 Å². The van der Waals surface area contributed by atoms with Crippen LogP contribution in [0.5, 0.6) is 0 Å². The fraction of sp³-hybridized carbons (Fsp3) is 1.00. The Hall–Kier alpha value is -0.0800. The Morgan fingerprint density at radius 3 is 1.50 bits per heavy atom. The van der Waals surface area contributed by atoms with Gasteiger partial charge in [-0.1, -0.05) is 0 Å². The van der Waals surface area contributed by atoms with E-state index in [-0.39, 0.29) is 0 Å². The molecule has 0 spiro atoms. The van der Waals surface area contributed by atoms with Crippen LogP contribution in [0, 0.1) is 0 Å². The number of hydrogen-bond donors (Lipinski definition) is 1. The van der Waals surface area contributed by atoms with E-state index in [9.17, 15) is 0 Å². The van der Waals surface area contributed by atoms with Gasteiger partial charge in [0, 0.05) is 13.1 Å². The van der Waals surface area contributed by atoms with Crippen LogP contribution in [0.1, 0.15) is 13.8 Å². The van der Waals surface area contributed by atoms with Crippen LogP contribution in [0.15, 0.2) is 0 Å². The van der Waals surface area contributed by atoms with Crippen molar-refractivity contribution in [2.24, 2.45) is 0 Å². The molecule has 0 rings (SSSR count). The van der Waals surface area contributed by atoms with Gasteiger partial charge in [-0.3, -0.25) is 5.01 Å². The van der Waals surface area contributed by atoms with Crippen molar-refractivity contribution in [2.75, 3.05) is 27.2 Å². The Labute approximate surface area is 52.1 Å². The lowest BCUT2D eigenvalue weighted by molar-refractivity contribution is -0.981. The summed E-state index contributed by atoms with van der Waals surface area (Å²) in [7, 11) is 4.29. The summed E-state index contributed by atoms with van der Waals surface area (Å²) in [5, 5.41) is 3.75. The van der Waals surface area contributed by atoms with Crippen molar-refractivity contribution in [3.63, 3.8) is 0 Å². The van der Waals surface area contributed by atoms with E-state index < -0.39 is 0 Å². The van der Waals surface area contributed by atoms with Crippen molar-refractivity contribution in [1.29, 1.82) is 0 Å². The zero-order chi connectivity index (χ0) is 6.57. The standard InChI is InChI=1S/C6H16N2/c1-5-8(6-2)7(3)4/h5-6H2,1-4H3/p+1. The first kappa shape index (κ1) is 7.92. The minimum Gasteiger partial charge on any atom is -0.260 e. The molecule has 50 valence electrons. The van der Waals surface area contributed by atoms with Gasteiger partial charge in [0.05, 0.1) is 14.1 Å². The van der Waals surface area contributed by atoms with Crippen LogP contribution in [0.2, 0.25) is 0 Å². The van der Waals surface area contributed by atoms with Crippen LogP contribution in [-0.2, 0) is 0 Å². The molecule has 2 heteroatoms. The van der Waals surface area contributed by atoms with E-state index in [0.717, 1.165) is 13.1 Å². The van der Waals surface area contributed by atoms with Gasteiger partial charge in [-0.15, -0.1) is 0 Å². The van der Waals surface area contributed by atoms with E-state index in [1.54, 1.807) is 0 Å². The molecule has 0 saturated heterocycles. The van der Waals surface area contributed by atoms with E-state index >= 15 is 0 Å². The highest BCUT2D eigenvalue weighted by Gasteiger charge is 2.01. The van der Waals surface area contributed by atoms with Gasteiger partial charge in [0.15, 0.2) is 0 Å². The summed E-state index contributed by atoms with van der Waals surface area (Å²) >= 11 is 0. The molecule has 0 radical (unpaired) electrons. The number of nitrogens with one attached hydrogen (secondary N) is 1. The van der Waals surface area contributed by atoms with Gasteiger partial charge < -0.3 is 0 Å². The molecule has 0 amide bonds. The molecule has 8 heavy (non-hydrogen) atoms. The van der Waals surface area contributed by atoms with Crippen LogP contribution in [0.25, 0.3) is 0 Å². The number of nitrogens with zero attached hydrogens (tertiary/aromatic N) is 1. The van der Waals surface area contributed by atoms with Crippen LogP contribution in [0.4, 0.5) is 0 Å². The van der Waals surface area contributed by atoms with Crippen molar-refractivity contribution in [1.82, 2.24) is 5.01 Å². The summed E-state index contributed by atoms with van der Waals surface area (Å²) in [4.78, 5) is 0. The number of rotatable bonds is 3. The quantitative estimate of drug-likeness (QED) is 0.484. The Bertz CT molecular complexity index is 48.5. The summed E-state index contributed by atoms with van der Waals surface area (Å²) < 4.78 is 0. The van der Waals surface area contributed by atoms with Crippen molar-refractivity contribution in [3.8, 4) is 0 Å². The SMILES string of the molecule is CCN(CC)[NH+](C)C. The van der Waals surface area contributed by atoms with Gasteiger partial charge >= 0.3 is 0 Å². The lowest BCUT2D eigenvalue weighted by Crippen LogP contribution is -3.12. The molecule has 0 aliphatic heterocycles. The molecule has 0 heterocycles. The van der Waals surface area contributed by atoms with Crippen molar-refractivity contribution in [2.45, 2.75) is 13.8 Å². The second-order valence-corrected chi connectivity index (χ2v) is 2.12. The zero-order valence-electron chi connectivity index (χ0n) is 6.36. The fourth-order valence-electron chi connectivity index (χ4n) is 0.856. The summed E-state index contributed by atoms with van der Waals surface area (Å²) in [5.74, 6) is 0. The zero-order valence-corrected chi connectivity index (χ0v) is 6.36. The van der Waals surface area contributed by atoms with Crippen molar-refractivity contribution in [3.05, 3.63) is 0 Å². The minimum absolute atomic E-state index is 1.14. The topological polar surface area (TPSA) is 7.68 Å². The van der Waals surface area contributed by atoms with E-state index in [2.05, 4.69) is 33.0 Å². The molecule has 1 N–H and O–H groups in total. The van der Waals surface area contributed by atoms with E-state index in [0.29, 0.717) is 0 Å². The molecule has 0 aromatic rings. The lowest BCUT2D eigenvalue weighted by Gasteiger charge is -2.21. The first-order valence-corrected chi connectivity index (χ1v) is 3.27. The molecule has 0 fully saturated rings. The Balaban J connectivity index is 3.35. The predicted octanol–water partition coefficient (Wildman–Crippen LogP) is -0.612. The molecule has 0 saturated carbocycles. The van der Waals surface area contributed by atoms with Crippen LogP contribution >= 0.6 is 0 Å². The average Bonchev–Trinajstić information content (AvgIpc) is 1.69. The number of hydrogen-bond acceptors (Lipinski definition) is 1. The molecule has 0 aliphatic rings. The first-order chi connectivity index (χ1) is 3.72. The Kier molecular flexibility index (Phi) is 3.83. The maximum atomic E-state index is 2.33. The summed E-state index contributed by atoms with van der Waals surface area (Å²) in [6, 6.07) is 0. The smallest absolute Gasteiger partial charge is 0.0841 e. The van der Waals surface area contributed by atoms with Gasteiger partial charge in [-0.25, -0.2) is 0 Å². The van der Waals surface area contributed by atoms with E-state index in [1.165, 1.54) is 5.01 Å². The monoisotopic (exact) mass is 117 g/mol. The van der Waals surface area contributed by atoms with Gasteiger partial charge in [0.2, 0.25) is 0 Å². The Morgan fingerprint density at radius 1 is 1.12 bits per heavy atom. The maximum absolute atomic E-state index is 2.33. The Morgan fingerprint density at radius 2 is 1.50 bits per heavy atom. The van der Waals surface area contributed by atoms with E-state index in [4.69, 9.17) is 0 Å². The maximum Gasteiger partial charge on any atom is 0.0841 e. The van der Waals surface area contributed by atoms with Crippen molar-refractivity contribution >= 4 is 0 Å². The van der Waals surface area contributed by atoms with Crippen LogP contribution in [-0.4, -0.2) is 32.2 Å². The highest BCUT2D eigenvalue weighted by atomic mass is 15.6. The summed E-state index contributed by atoms with van der Waals surface area (Å²) in [6.07, 6.45) is 0. The molecule has 0 bridgehead atoms. The largest absolute Gasteiger partial charge is 0.260 e. The fourth-order valence-corrected chi connectivity index (χ4v) is 0.856. The third kappa shape index (κ3) is 2.28.